The van der Waals surface area contributed by atoms with Gasteiger partial charge in [-0.05, 0) is 93.9 Å². The molecule has 10 nitrogen and oxygen atoms in total. The third-order valence-corrected chi connectivity index (χ3v) is 8.49. The number of carbonyl (C=O) groups excluding carboxylic acids is 2. The molecule has 0 saturated carbocycles. The zero-order chi connectivity index (χ0) is 31.5. The Hall–Kier alpha value is -3.50. The third kappa shape index (κ3) is 8.79. The first-order valence-electron chi connectivity index (χ1n) is 15.8. The van der Waals surface area contributed by atoms with Crippen molar-refractivity contribution >= 4 is 11.9 Å². The molecule has 2 aliphatic heterocycles. The molecule has 2 aromatic carbocycles. The van der Waals surface area contributed by atoms with E-state index in [0.29, 0.717) is 66.6 Å². The molecule has 2 aliphatic rings. The van der Waals surface area contributed by atoms with Crippen LogP contribution in [0.25, 0.3) is 0 Å². The predicted octanol–water partition coefficient (Wildman–Crippen LogP) is 4.93. The lowest BCUT2D eigenvalue weighted by Gasteiger charge is -2.25. The van der Waals surface area contributed by atoms with Crippen molar-refractivity contribution in [3.05, 3.63) is 46.5 Å². The number of carbonyl (C=O) groups is 2. The highest BCUT2D eigenvalue weighted by Crippen LogP contribution is 2.38. The number of aryl methyl sites for hydroxylation is 1. The molecule has 0 amide bonds. The van der Waals surface area contributed by atoms with Crippen LogP contribution in [-0.4, -0.2) is 102 Å². The second-order valence-corrected chi connectivity index (χ2v) is 11.4. The molecule has 0 N–H and O–H groups in total. The fraction of sp³-hybridized carbons (Fsp3) is 0.588. The second kappa shape index (κ2) is 16.5. The molecular weight excluding hydrogens is 564 g/mol. The van der Waals surface area contributed by atoms with Gasteiger partial charge in [0.15, 0.2) is 11.5 Å². The summed E-state index contributed by atoms with van der Waals surface area (Å²) < 4.78 is 34.3. The normalized spacial score (nSPS) is 21.8. The molecule has 3 unspecified atom stereocenters. The van der Waals surface area contributed by atoms with E-state index in [-0.39, 0.29) is 12.1 Å². The molecule has 10 heteroatoms. The average molecular weight is 613 g/mol. The Kier molecular flexibility index (Phi) is 12.6. The fourth-order valence-corrected chi connectivity index (χ4v) is 5.89. The van der Waals surface area contributed by atoms with E-state index in [1.54, 1.807) is 18.2 Å². The first-order chi connectivity index (χ1) is 21.4. The summed E-state index contributed by atoms with van der Waals surface area (Å²) in [4.78, 5) is 31.2. The van der Waals surface area contributed by atoms with Gasteiger partial charge in [0.2, 0.25) is 5.75 Å². The van der Waals surface area contributed by atoms with Gasteiger partial charge >= 0.3 is 11.9 Å². The zero-order valence-corrected chi connectivity index (χ0v) is 26.9. The number of nitrogens with zero attached hydrogens (tertiary/aromatic N) is 2. The molecule has 3 atom stereocenters. The minimum absolute atomic E-state index is 0.305. The maximum atomic E-state index is 13.4. The van der Waals surface area contributed by atoms with E-state index < -0.39 is 5.97 Å². The van der Waals surface area contributed by atoms with Crippen LogP contribution in [0.4, 0.5) is 0 Å². The molecule has 1 saturated heterocycles. The molecule has 4 rings (SSSR count). The van der Waals surface area contributed by atoms with Crippen LogP contribution in [-0.2, 0) is 15.9 Å². The quantitative estimate of drug-likeness (QED) is 0.418. The summed E-state index contributed by atoms with van der Waals surface area (Å²) in [6, 6.07) is 6.93. The minimum atomic E-state index is -0.440. The van der Waals surface area contributed by atoms with Gasteiger partial charge < -0.3 is 38.2 Å². The lowest BCUT2D eigenvalue weighted by Crippen LogP contribution is -2.34. The Morgan fingerprint density at radius 2 is 1.48 bits per heavy atom. The maximum absolute atomic E-state index is 13.4. The Bertz CT molecular complexity index is 1240. The van der Waals surface area contributed by atoms with Crippen molar-refractivity contribution in [1.29, 1.82) is 0 Å². The Balaban J connectivity index is 1.53. The maximum Gasteiger partial charge on any atom is 0.338 e. The van der Waals surface area contributed by atoms with Crippen molar-refractivity contribution in [3.8, 4) is 23.0 Å². The molecule has 1 fully saturated rings. The fourth-order valence-electron chi connectivity index (χ4n) is 5.89. The monoisotopic (exact) mass is 612 g/mol. The van der Waals surface area contributed by atoms with Crippen LogP contribution >= 0.6 is 0 Å². The Labute approximate surface area is 261 Å². The molecule has 0 spiro atoms. The van der Waals surface area contributed by atoms with E-state index in [2.05, 4.69) is 16.7 Å². The molecule has 4 bridgehead atoms. The van der Waals surface area contributed by atoms with Gasteiger partial charge in [-0.1, -0.05) is 6.92 Å². The number of ether oxygens (including phenoxy) is 6. The summed E-state index contributed by atoms with van der Waals surface area (Å²) in [5.74, 6) is 1.15. The van der Waals surface area contributed by atoms with Crippen molar-refractivity contribution in [1.82, 2.24) is 9.80 Å². The van der Waals surface area contributed by atoms with Crippen LogP contribution in [0, 0.1) is 6.92 Å². The Morgan fingerprint density at radius 3 is 2.14 bits per heavy atom. The molecule has 2 heterocycles. The summed E-state index contributed by atoms with van der Waals surface area (Å²) in [6.07, 6.45) is 4.37. The lowest BCUT2D eigenvalue weighted by atomic mass is 10.0. The number of hydrogen-bond donors (Lipinski definition) is 0. The van der Waals surface area contributed by atoms with Gasteiger partial charge in [-0.25, -0.2) is 9.59 Å². The van der Waals surface area contributed by atoms with Gasteiger partial charge in [0, 0.05) is 26.2 Å². The largest absolute Gasteiger partial charge is 0.493 e. The van der Waals surface area contributed by atoms with Crippen molar-refractivity contribution < 1.29 is 38.0 Å². The molecule has 44 heavy (non-hydrogen) atoms. The van der Waals surface area contributed by atoms with Gasteiger partial charge in [0.1, 0.15) is 11.9 Å². The number of methoxy groups -OCH3 is 3. The highest BCUT2D eigenvalue weighted by atomic mass is 16.5. The second-order valence-electron chi connectivity index (χ2n) is 11.4. The molecule has 242 valence electrons. The van der Waals surface area contributed by atoms with Gasteiger partial charge in [0.25, 0.3) is 0 Å². The van der Waals surface area contributed by atoms with Crippen molar-refractivity contribution in [2.24, 2.45) is 0 Å². The van der Waals surface area contributed by atoms with Crippen LogP contribution in [0.1, 0.15) is 70.9 Å². The van der Waals surface area contributed by atoms with E-state index in [1.807, 2.05) is 13.0 Å². The van der Waals surface area contributed by atoms with E-state index in [4.69, 9.17) is 28.4 Å². The number of hydrogen-bond acceptors (Lipinski definition) is 10. The SMILES string of the molecule is CCc1cc2cc(c1C)OCCCC(OC(=O)c1cc(OC)c(OC)c(OC)c1)CCN1CCCN(CCCOC2=O)CC1. The van der Waals surface area contributed by atoms with Crippen molar-refractivity contribution in [2.45, 2.75) is 58.5 Å². The van der Waals surface area contributed by atoms with Crippen LogP contribution in [0.15, 0.2) is 24.3 Å². The average Bonchev–Trinajstić information content (AvgIpc) is 3.27. The number of esters is 2. The van der Waals surface area contributed by atoms with E-state index >= 15 is 0 Å². The summed E-state index contributed by atoms with van der Waals surface area (Å²) in [5, 5.41) is 0. The molecule has 0 aliphatic carbocycles. The first kappa shape index (κ1) is 33.4. The van der Waals surface area contributed by atoms with Crippen LogP contribution in [0.5, 0.6) is 23.0 Å². The topological polar surface area (TPSA) is 96.0 Å². The number of rotatable bonds is 6. The molecule has 0 aromatic heterocycles. The Morgan fingerprint density at radius 1 is 0.818 bits per heavy atom. The van der Waals surface area contributed by atoms with Gasteiger partial charge in [-0.15, -0.1) is 0 Å². The third-order valence-electron chi connectivity index (χ3n) is 8.49. The van der Waals surface area contributed by atoms with E-state index in [9.17, 15) is 9.59 Å². The number of cyclic esters (lactones) is 1. The van der Waals surface area contributed by atoms with Gasteiger partial charge in [-0.2, -0.15) is 0 Å². The molecule has 2 aromatic rings. The van der Waals surface area contributed by atoms with Crippen LogP contribution in [0.2, 0.25) is 0 Å². The van der Waals surface area contributed by atoms with E-state index in [1.165, 1.54) is 21.3 Å². The summed E-state index contributed by atoms with van der Waals surface area (Å²) in [7, 11) is 4.57. The first-order valence-corrected chi connectivity index (χ1v) is 15.8. The highest BCUT2D eigenvalue weighted by Gasteiger charge is 2.23. The van der Waals surface area contributed by atoms with Gasteiger partial charge in [0.05, 0.1) is 45.7 Å². The van der Waals surface area contributed by atoms with Crippen molar-refractivity contribution in [3.63, 3.8) is 0 Å². The van der Waals surface area contributed by atoms with Crippen LogP contribution < -0.4 is 18.9 Å². The van der Waals surface area contributed by atoms with Gasteiger partial charge in [-0.3, -0.25) is 0 Å². The lowest BCUT2D eigenvalue weighted by molar-refractivity contribution is 0.0221. The molecule has 0 radical (unpaired) electrons. The summed E-state index contributed by atoms with van der Waals surface area (Å²) in [5.41, 5.74) is 2.94. The smallest absolute Gasteiger partial charge is 0.338 e. The highest BCUT2D eigenvalue weighted by molar-refractivity contribution is 5.91. The number of fused-ring (bicyclic) bond motifs is 5. The standard InChI is InChI=1S/C34H48N2O8/c1-6-25-20-26-21-29(24(25)2)42-18-7-10-28(44-34(38)27-22-30(39-3)32(41-5)31(23-27)40-4)11-15-36-13-8-12-35(16-17-36)14-9-19-43-33(26)37/h20-23,28H,6-19H2,1-5H3. The zero-order valence-electron chi connectivity index (χ0n) is 26.9. The predicted molar refractivity (Wildman–Crippen MR) is 168 cm³/mol. The molecular formula is C34H48N2O8. The van der Waals surface area contributed by atoms with E-state index in [0.717, 1.165) is 69.7 Å². The minimum Gasteiger partial charge on any atom is -0.493 e. The van der Waals surface area contributed by atoms with Crippen molar-refractivity contribution in [2.75, 3.05) is 73.8 Å². The summed E-state index contributed by atoms with van der Waals surface area (Å²) in [6.45, 7) is 10.5. The summed E-state index contributed by atoms with van der Waals surface area (Å²) >= 11 is 0. The van der Waals surface area contributed by atoms with Crippen LogP contribution in [0.3, 0.4) is 0 Å². The number of benzene rings is 2.